The van der Waals surface area contributed by atoms with Crippen molar-refractivity contribution >= 4 is 0 Å². The van der Waals surface area contributed by atoms with Crippen molar-refractivity contribution in [2.24, 2.45) is 0 Å². The zero-order valence-electron chi connectivity index (χ0n) is 17.3. The third-order valence-corrected chi connectivity index (χ3v) is 5.94. The van der Waals surface area contributed by atoms with Gasteiger partial charge in [-0.1, -0.05) is 0 Å². The van der Waals surface area contributed by atoms with E-state index in [1.807, 2.05) is 0 Å². The van der Waals surface area contributed by atoms with Gasteiger partial charge in [0.1, 0.15) is 54.9 Å². The van der Waals surface area contributed by atoms with E-state index < -0.39 is 99.2 Å². The predicted octanol–water partition coefficient (Wildman–Crippen LogP) is -5.52. The Hall–Kier alpha value is -0.560. The molecule has 14 nitrogen and oxygen atoms in total. The van der Waals surface area contributed by atoms with E-state index >= 15 is 0 Å². The molecule has 0 saturated carbocycles. The maximum atomic E-state index is 10.6. The Morgan fingerprint density at radius 1 is 0.656 bits per heavy atom. The van der Waals surface area contributed by atoms with Gasteiger partial charge in [-0.3, -0.25) is 0 Å². The summed E-state index contributed by atoms with van der Waals surface area (Å²) < 4.78 is 27.0. The molecule has 3 aliphatic rings. The molecule has 0 aliphatic carbocycles. The normalized spacial score (nSPS) is 52.7. The highest BCUT2D eigenvalue weighted by atomic mass is 16.8. The first kappa shape index (κ1) is 26.1. The van der Waals surface area contributed by atoms with Gasteiger partial charge in [0.2, 0.25) is 0 Å². The largest absolute Gasteiger partial charge is 0.394 e. The van der Waals surface area contributed by atoms with Gasteiger partial charge in [0.05, 0.1) is 25.4 Å². The van der Waals surface area contributed by atoms with Crippen molar-refractivity contribution in [1.29, 1.82) is 0 Å². The Kier molecular flexibility index (Phi) is 8.79. The molecule has 14 atom stereocenters. The van der Waals surface area contributed by atoms with Crippen LogP contribution in [-0.2, 0) is 23.7 Å². The monoisotopic (exact) mass is 472 g/mol. The molecule has 0 aromatic rings. The molecule has 3 aliphatic heterocycles. The molecule has 0 bridgehead atoms. The summed E-state index contributed by atoms with van der Waals surface area (Å²) in [7, 11) is 0. The third kappa shape index (κ3) is 5.24. The smallest absolute Gasteiger partial charge is 0.187 e. The van der Waals surface area contributed by atoms with Gasteiger partial charge >= 0.3 is 0 Å². The molecule has 188 valence electrons. The lowest BCUT2D eigenvalue weighted by Crippen LogP contribution is -2.65. The molecule has 3 rings (SSSR count). The summed E-state index contributed by atoms with van der Waals surface area (Å²) >= 11 is 0. The minimum atomic E-state index is -1.82. The summed E-state index contributed by atoms with van der Waals surface area (Å²) in [5.74, 6) is 0. The van der Waals surface area contributed by atoms with Crippen LogP contribution in [0.4, 0.5) is 0 Å². The van der Waals surface area contributed by atoms with E-state index in [2.05, 4.69) is 0 Å². The molecule has 0 aromatic heterocycles. The number of aliphatic hydroxyl groups is 9. The summed E-state index contributed by atoms with van der Waals surface area (Å²) in [5.41, 5.74) is 0. The van der Waals surface area contributed by atoms with Gasteiger partial charge in [-0.05, 0) is 6.92 Å². The van der Waals surface area contributed by atoms with Crippen molar-refractivity contribution < 1.29 is 69.6 Å². The molecule has 14 heteroatoms. The van der Waals surface area contributed by atoms with Crippen LogP contribution in [0.25, 0.3) is 0 Å². The van der Waals surface area contributed by atoms with Crippen molar-refractivity contribution in [3.05, 3.63) is 0 Å². The Balaban J connectivity index is 1.79. The molecule has 0 amide bonds. The summed E-state index contributed by atoms with van der Waals surface area (Å²) in [6.07, 6.45) is -20.4. The van der Waals surface area contributed by atoms with Gasteiger partial charge in [0, 0.05) is 6.42 Å². The quantitative estimate of drug-likeness (QED) is 0.176. The van der Waals surface area contributed by atoms with Crippen LogP contribution in [0.15, 0.2) is 0 Å². The van der Waals surface area contributed by atoms with Crippen molar-refractivity contribution in [1.82, 2.24) is 0 Å². The molecule has 0 aromatic carbocycles. The second kappa shape index (κ2) is 10.8. The fourth-order valence-corrected chi connectivity index (χ4v) is 3.91. The lowest BCUT2D eigenvalue weighted by Gasteiger charge is -2.47. The number of hydrogen-bond donors (Lipinski definition) is 9. The molecule has 32 heavy (non-hydrogen) atoms. The Morgan fingerprint density at radius 3 is 1.88 bits per heavy atom. The molecule has 3 saturated heterocycles. The molecule has 0 unspecified atom stereocenters. The Morgan fingerprint density at radius 2 is 1.25 bits per heavy atom. The molecule has 3 fully saturated rings. The zero-order chi connectivity index (χ0) is 23.7. The van der Waals surface area contributed by atoms with E-state index in [4.69, 9.17) is 23.7 Å². The first-order valence-electron chi connectivity index (χ1n) is 10.3. The van der Waals surface area contributed by atoms with Crippen molar-refractivity contribution in [2.75, 3.05) is 13.2 Å². The molecule has 3 heterocycles. The van der Waals surface area contributed by atoms with Crippen LogP contribution in [-0.4, -0.2) is 145 Å². The number of aliphatic hydroxyl groups excluding tert-OH is 9. The van der Waals surface area contributed by atoms with Crippen LogP contribution in [0, 0.1) is 0 Å². The second-order valence-corrected chi connectivity index (χ2v) is 8.22. The van der Waals surface area contributed by atoms with Crippen LogP contribution in [0.3, 0.4) is 0 Å². The van der Waals surface area contributed by atoms with E-state index in [0.717, 1.165) is 0 Å². The van der Waals surface area contributed by atoms with Crippen LogP contribution in [0.2, 0.25) is 0 Å². The van der Waals surface area contributed by atoms with Crippen LogP contribution in [0.5, 0.6) is 0 Å². The second-order valence-electron chi connectivity index (χ2n) is 8.22. The van der Waals surface area contributed by atoms with Crippen LogP contribution in [0.1, 0.15) is 13.3 Å². The van der Waals surface area contributed by atoms with E-state index in [1.54, 1.807) is 6.92 Å². The Bertz CT molecular complexity index is 594. The standard InChI is InChI=1S/C18H32O14/c1-5-6(21)2-7(22)17(28-5)31-14-11(24)9(4-20)29-16(27)15(14)32-18-13(26)12(25)10(23)8(3-19)30-18/h5-27H,2-4H2,1H3/t5-,6-,7-,8-,9-,10-,11-,12+,13-,14+,15+,16+,17-,18+/m1/s1. The van der Waals surface area contributed by atoms with Gasteiger partial charge in [0.25, 0.3) is 0 Å². The van der Waals surface area contributed by atoms with Crippen molar-refractivity contribution in [2.45, 2.75) is 99.4 Å². The van der Waals surface area contributed by atoms with E-state index in [9.17, 15) is 46.0 Å². The van der Waals surface area contributed by atoms with E-state index in [0.29, 0.717) is 0 Å². The van der Waals surface area contributed by atoms with Crippen LogP contribution < -0.4 is 0 Å². The minimum Gasteiger partial charge on any atom is -0.394 e. The van der Waals surface area contributed by atoms with Crippen molar-refractivity contribution in [3.8, 4) is 0 Å². The molecule has 9 N–H and O–H groups in total. The fourth-order valence-electron chi connectivity index (χ4n) is 3.91. The highest BCUT2D eigenvalue weighted by Crippen LogP contribution is 2.32. The lowest BCUT2D eigenvalue weighted by atomic mass is 9.96. The van der Waals surface area contributed by atoms with Gasteiger partial charge < -0.3 is 69.6 Å². The molecular formula is C18H32O14. The average Bonchev–Trinajstić information content (AvgIpc) is 2.76. The van der Waals surface area contributed by atoms with Crippen LogP contribution >= 0.6 is 0 Å². The van der Waals surface area contributed by atoms with Gasteiger partial charge in [0.15, 0.2) is 18.9 Å². The lowest BCUT2D eigenvalue weighted by molar-refractivity contribution is -0.382. The topological polar surface area (TPSA) is 228 Å². The first-order valence-corrected chi connectivity index (χ1v) is 10.3. The van der Waals surface area contributed by atoms with E-state index in [-0.39, 0.29) is 6.42 Å². The van der Waals surface area contributed by atoms with Crippen molar-refractivity contribution in [3.63, 3.8) is 0 Å². The third-order valence-electron chi connectivity index (χ3n) is 5.94. The maximum absolute atomic E-state index is 10.6. The summed E-state index contributed by atoms with van der Waals surface area (Å²) in [6, 6.07) is 0. The summed E-state index contributed by atoms with van der Waals surface area (Å²) in [6.45, 7) is 0.126. The number of ether oxygens (including phenoxy) is 5. The molecular weight excluding hydrogens is 440 g/mol. The highest BCUT2D eigenvalue weighted by Gasteiger charge is 2.52. The number of hydrogen-bond acceptors (Lipinski definition) is 14. The maximum Gasteiger partial charge on any atom is 0.187 e. The summed E-state index contributed by atoms with van der Waals surface area (Å²) in [4.78, 5) is 0. The average molecular weight is 472 g/mol. The zero-order valence-corrected chi connectivity index (χ0v) is 17.3. The molecule has 0 radical (unpaired) electrons. The molecule has 0 spiro atoms. The Labute approximate surface area is 183 Å². The predicted molar refractivity (Wildman–Crippen MR) is 98.5 cm³/mol. The highest BCUT2D eigenvalue weighted by molar-refractivity contribution is 4.95. The SMILES string of the molecule is C[C@H]1O[C@H](O[C@H]2[C@H](O)[C@@H](CO)O[C@H](O)[C@H]2O[C@@H]2O[C@H](CO)[C@@H](O)[C@H](O)[C@H]2O)[C@H](O)C[C@H]1O. The minimum absolute atomic E-state index is 0.0879. The number of rotatable bonds is 6. The fraction of sp³-hybridized carbons (Fsp3) is 1.00. The van der Waals surface area contributed by atoms with E-state index in [1.165, 1.54) is 0 Å². The first-order chi connectivity index (χ1) is 15.1. The summed E-state index contributed by atoms with van der Waals surface area (Å²) in [5, 5.41) is 89.9. The van der Waals surface area contributed by atoms with Gasteiger partial charge in [-0.2, -0.15) is 0 Å². The van der Waals surface area contributed by atoms with Gasteiger partial charge in [-0.25, -0.2) is 0 Å². The van der Waals surface area contributed by atoms with Gasteiger partial charge in [-0.15, -0.1) is 0 Å².